The van der Waals surface area contributed by atoms with Crippen molar-refractivity contribution in [3.8, 4) is 0 Å². The third-order valence-electron chi connectivity index (χ3n) is 3.49. The van der Waals surface area contributed by atoms with Crippen LogP contribution in [0.25, 0.3) is 10.4 Å². The normalized spacial score (nSPS) is 23.6. The largest absolute Gasteiger partial charge is 0.478 e. The molecule has 1 rings (SSSR count). The lowest BCUT2D eigenvalue weighted by Crippen LogP contribution is -2.60. The second-order valence-electron chi connectivity index (χ2n) is 5.44. The van der Waals surface area contributed by atoms with Gasteiger partial charge >= 0.3 is 11.9 Å². The molecule has 1 aliphatic heterocycles. The number of aliphatic hydroxyl groups is 3. The minimum absolute atomic E-state index is 0.449. The molecule has 0 saturated heterocycles. The van der Waals surface area contributed by atoms with Gasteiger partial charge in [0, 0.05) is 11.8 Å². The Morgan fingerprint density at radius 1 is 1.44 bits per heavy atom. The van der Waals surface area contributed by atoms with Crippen LogP contribution in [0.1, 0.15) is 6.92 Å². The summed E-state index contributed by atoms with van der Waals surface area (Å²) in [6, 6.07) is -1.32. The third kappa shape index (κ3) is 6.42. The molecule has 0 saturated carbocycles. The van der Waals surface area contributed by atoms with Gasteiger partial charge in [0.15, 0.2) is 12.7 Å². The summed E-state index contributed by atoms with van der Waals surface area (Å²) in [6.07, 6.45) is -5.46. The van der Waals surface area contributed by atoms with Gasteiger partial charge in [0.25, 0.3) is 5.91 Å². The molecule has 0 aromatic carbocycles. The molecule has 0 aliphatic carbocycles. The van der Waals surface area contributed by atoms with Crippen LogP contribution in [0.4, 0.5) is 0 Å². The van der Waals surface area contributed by atoms with Gasteiger partial charge in [-0.05, 0) is 11.6 Å². The van der Waals surface area contributed by atoms with Crippen molar-refractivity contribution in [2.75, 3.05) is 20.3 Å². The van der Waals surface area contributed by atoms with E-state index in [-0.39, 0.29) is 0 Å². The molecule has 1 heterocycles. The number of methoxy groups -OCH3 is 1. The quantitative estimate of drug-likeness (QED) is 0.155. The highest BCUT2D eigenvalue weighted by Crippen LogP contribution is 2.23. The Balaban J connectivity index is 3.03. The van der Waals surface area contributed by atoms with Gasteiger partial charge in [0.2, 0.25) is 5.76 Å². The summed E-state index contributed by atoms with van der Waals surface area (Å²) in [6.45, 7) is -0.0922. The molecule has 0 bridgehead atoms. The zero-order valence-corrected chi connectivity index (χ0v) is 14.5. The van der Waals surface area contributed by atoms with Gasteiger partial charge < -0.3 is 34.8 Å². The lowest BCUT2D eigenvalue weighted by atomic mass is 9.93. The van der Waals surface area contributed by atoms with Gasteiger partial charge in [0.1, 0.15) is 12.2 Å². The molecule has 0 spiro atoms. The van der Waals surface area contributed by atoms with Crippen LogP contribution in [0.3, 0.4) is 0 Å². The van der Waals surface area contributed by atoms with E-state index in [2.05, 4.69) is 24.8 Å². The third-order valence-corrected chi connectivity index (χ3v) is 3.49. The number of carbonyl (C=O) groups is 3. The number of azide groups is 1. The first-order chi connectivity index (χ1) is 12.7. The van der Waals surface area contributed by atoms with Gasteiger partial charge in [-0.1, -0.05) is 5.11 Å². The predicted molar refractivity (Wildman–Crippen MR) is 85.6 cm³/mol. The van der Waals surface area contributed by atoms with Crippen molar-refractivity contribution < 1.29 is 43.9 Å². The molecule has 0 radical (unpaired) electrons. The maximum absolute atomic E-state index is 11.9. The van der Waals surface area contributed by atoms with Gasteiger partial charge in [-0.2, -0.15) is 0 Å². The molecule has 13 nitrogen and oxygen atoms in total. The summed E-state index contributed by atoms with van der Waals surface area (Å²) in [5.41, 5.74) is 8.30. The minimum Gasteiger partial charge on any atom is -0.478 e. The van der Waals surface area contributed by atoms with Gasteiger partial charge in [0.05, 0.1) is 25.8 Å². The van der Waals surface area contributed by atoms with Crippen molar-refractivity contribution in [2.45, 2.75) is 37.4 Å². The summed E-state index contributed by atoms with van der Waals surface area (Å²) in [7, 11) is 1.06. The van der Waals surface area contributed by atoms with Crippen LogP contribution in [-0.4, -0.2) is 83.9 Å². The smallest absolute Gasteiger partial charge is 0.373 e. The monoisotopic (exact) mass is 388 g/mol. The van der Waals surface area contributed by atoms with Crippen molar-refractivity contribution in [2.24, 2.45) is 5.11 Å². The van der Waals surface area contributed by atoms with Crippen LogP contribution in [0.15, 0.2) is 16.9 Å². The summed E-state index contributed by atoms with van der Waals surface area (Å²) >= 11 is 0. The molecule has 0 aromatic heterocycles. The van der Waals surface area contributed by atoms with E-state index in [1.807, 2.05) is 0 Å². The highest BCUT2D eigenvalue weighted by Gasteiger charge is 2.43. The zero-order chi connectivity index (χ0) is 20.6. The lowest BCUT2D eigenvalue weighted by molar-refractivity contribution is -0.153. The number of hydrogen-bond acceptors (Lipinski definition) is 10. The van der Waals surface area contributed by atoms with Crippen molar-refractivity contribution >= 4 is 17.8 Å². The van der Waals surface area contributed by atoms with Gasteiger partial charge in [-0.3, -0.25) is 9.59 Å². The number of nitrogens with one attached hydrogen (secondary N) is 1. The van der Waals surface area contributed by atoms with E-state index in [0.29, 0.717) is 0 Å². The number of ether oxygens (including phenoxy) is 3. The average molecular weight is 388 g/mol. The fraction of sp³-hybridized carbons (Fsp3) is 0.643. The van der Waals surface area contributed by atoms with E-state index in [9.17, 15) is 29.7 Å². The van der Waals surface area contributed by atoms with Gasteiger partial charge in [-0.15, -0.1) is 0 Å². The molecule has 0 aromatic rings. The van der Waals surface area contributed by atoms with Crippen molar-refractivity contribution in [3.05, 3.63) is 22.3 Å². The van der Waals surface area contributed by atoms with E-state index in [1.54, 1.807) is 0 Å². The Kier molecular flexibility index (Phi) is 8.48. The maximum Gasteiger partial charge on any atom is 0.373 e. The Bertz CT molecular complexity index is 646. The summed E-state index contributed by atoms with van der Waals surface area (Å²) in [4.78, 5) is 36.7. The number of amides is 1. The molecule has 0 fully saturated rings. The first-order valence-corrected chi connectivity index (χ1v) is 7.65. The Hall–Kier alpha value is -2.86. The predicted octanol–water partition coefficient (Wildman–Crippen LogP) is -2.12. The molecule has 13 heteroatoms. The van der Waals surface area contributed by atoms with E-state index in [4.69, 9.17) is 10.3 Å². The number of hydrogen-bond donors (Lipinski definition) is 4. The number of nitrogens with zero attached hydrogens (tertiary/aromatic N) is 3. The SMILES string of the molecule is COC(=O)C1=C[C@H](O)[C@@H](NC(=O)COC(C)=O)[C@H]([C@@H](O)[C@H](O)CN=[N+]=[N-])O1. The number of carbonyl (C=O) groups excluding carboxylic acids is 3. The van der Waals surface area contributed by atoms with E-state index < -0.39 is 67.2 Å². The molecule has 4 N–H and O–H groups in total. The van der Waals surface area contributed by atoms with Crippen LogP contribution >= 0.6 is 0 Å². The highest BCUT2D eigenvalue weighted by molar-refractivity contribution is 5.86. The molecule has 0 unspecified atom stereocenters. The van der Waals surface area contributed by atoms with Crippen LogP contribution in [-0.2, 0) is 28.6 Å². The first-order valence-electron chi connectivity index (χ1n) is 7.65. The number of esters is 2. The van der Waals surface area contributed by atoms with E-state index in [1.165, 1.54) is 0 Å². The van der Waals surface area contributed by atoms with Crippen molar-refractivity contribution in [3.63, 3.8) is 0 Å². The first kappa shape index (κ1) is 22.2. The number of aliphatic hydroxyl groups excluding tert-OH is 3. The zero-order valence-electron chi connectivity index (χ0n) is 14.5. The molecule has 5 atom stereocenters. The van der Waals surface area contributed by atoms with Crippen molar-refractivity contribution in [1.82, 2.24) is 5.32 Å². The molecule has 1 aliphatic rings. The summed E-state index contributed by atoms with van der Waals surface area (Å²) in [5.74, 6) is -2.94. The lowest BCUT2D eigenvalue weighted by Gasteiger charge is -2.38. The topological polar surface area (TPSA) is 200 Å². The average Bonchev–Trinajstić information content (AvgIpc) is 2.64. The summed E-state index contributed by atoms with van der Waals surface area (Å²) in [5, 5.41) is 35.8. The van der Waals surface area contributed by atoms with Crippen LogP contribution in [0, 0.1) is 0 Å². The van der Waals surface area contributed by atoms with Crippen LogP contribution in [0.2, 0.25) is 0 Å². The molecular formula is C14H20N4O9. The molecule has 1 amide bonds. The van der Waals surface area contributed by atoms with Gasteiger partial charge in [-0.25, -0.2) is 4.79 Å². The standard InChI is InChI=1S/C14H20N4O9/c1-6(19)26-5-10(22)17-11-7(20)3-9(14(24)25-2)27-13(11)12(23)8(21)4-16-18-15/h3,7-8,11-13,20-21,23H,4-5H2,1-2H3,(H,17,22)/t7-,8+,11+,12-,13+/m0/s1. The number of rotatable bonds is 8. The highest BCUT2D eigenvalue weighted by atomic mass is 16.6. The molecule has 27 heavy (non-hydrogen) atoms. The minimum atomic E-state index is -1.77. The molecule has 150 valence electrons. The second-order valence-corrected chi connectivity index (χ2v) is 5.44. The fourth-order valence-electron chi connectivity index (χ4n) is 2.22. The van der Waals surface area contributed by atoms with Crippen LogP contribution in [0.5, 0.6) is 0 Å². The maximum atomic E-state index is 11.9. The van der Waals surface area contributed by atoms with Crippen LogP contribution < -0.4 is 5.32 Å². The Morgan fingerprint density at radius 2 is 2.11 bits per heavy atom. The summed E-state index contributed by atoms with van der Waals surface area (Å²) < 4.78 is 14.3. The Morgan fingerprint density at radius 3 is 2.67 bits per heavy atom. The fourth-order valence-corrected chi connectivity index (χ4v) is 2.22. The second kappa shape index (κ2) is 10.3. The van der Waals surface area contributed by atoms with Crippen molar-refractivity contribution in [1.29, 1.82) is 0 Å². The Labute approximate surface area is 153 Å². The van der Waals surface area contributed by atoms with E-state index >= 15 is 0 Å². The molecular weight excluding hydrogens is 368 g/mol. The van der Waals surface area contributed by atoms with E-state index in [0.717, 1.165) is 20.1 Å².